The summed E-state index contributed by atoms with van der Waals surface area (Å²) in [6.07, 6.45) is 5.05. The molecule has 1 heterocycles. The Hall–Kier alpha value is -0.650. The number of rotatable bonds is 6. The Labute approximate surface area is 109 Å². The second-order valence-corrected chi connectivity index (χ2v) is 5.86. The number of carbonyl (C=O) groups is 1. The molecule has 5 heteroatoms. The van der Waals surface area contributed by atoms with Gasteiger partial charge in [-0.05, 0) is 37.5 Å². The number of likely N-dealkylation sites (tertiary alicyclic amines) is 1. The van der Waals surface area contributed by atoms with E-state index < -0.39 is 0 Å². The summed E-state index contributed by atoms with van der Waals surface area (Å²) < 4.78 is 0. The van der Waals surface area contributed by atoms with E-state index in [0.29, 0.717) is 12.6 Å². The lowest BCUT2D eigenvalue weighted by Crippen LogP contribution is -2.45. The first kappa shape index (κ1) is 13.8. The van der Waals surface area contributed by atoms with Gasteiger partial charge < -0.3 is 16.2 Å². The maximum absolute atomic E-state index is 11.8. The van der Waals surface area contributed by atoms with Crippen molar-refractivity contribution in [3.05, 3.63) is 0 Å². The summed E-state index contributed by atoms with van der Waals surface area (Å²) >= 11 is 0. The number of aliphatic hydroxyl groups excluding tert-OH is 1. The molecule has 0 spiro atoms. The van der Waals surface area contributed by atoms with Crippen molar-refractivity contribution in [2.24, 2.45) is 11.1 Å². The molecule has 2 aliphatic rings. The van der Waals surface area contributed by atoms with Crippen LogP contribution in [0.4, 0.5) is 0 Å². The van der Waals surface area contributed by atoms with Crippen molar-refractivity contribution in [1.82, 2.24) is 10.2 Å². The topological polar surface area (TPSA) is 78.6 Å². The van der Waals surface area contributed by atoms with Crippen LogP contribution in [0.5, 0.6) is 0 Å². The van der Waals surface area contributed by atoms with E-state index in [4.69, 9.17) is 10.8 Å². The van der Waals surface area contributed by atoms with Crippen molar-refractivity contribution in [2.45, 2.75) is 38.1 Å². The second-order valence-electron chi connectivity index (χ2n) is 5.86. The lowest BCUT2D eigenvalue weighted by Gasteiger charge is -2.29. The zero-order chi connectivity index (χ0) is 13.0. The van der Waals surface area contributed by atoms with Gasteiger partial charge in [-0.2, -0.15) is 0 Å². The molecule has 104 valence electrons. The van der Waals surface area contributed by atoms with Gasteiger partial charge >= 0.3 is 0 Å². The highest BCUT2D eigenvalue weighted by atomic mass is 16.3. The van der Waals surface area contributed by atoms with Crippen molar-refractivity contribution < 1.29 is 9.90 Å². The minimum atomic E-state index is 0.106. The first-order valence-corrected chi connectivity index (χ1v) is 6.99. The molecular formula is C13H25N3O2. The number of aliphatic hydroxyl groups is 1. The molecule has 0 aromatic carbocycles. The molecule has 0 atom stereocenters. The number of nitrogens with two attached hydrogens (primary N) is 1. The first-order chi connectivity index (χ1) is 8.63. The Morgan fingerprint density at radius 3 is 2.61 bits per heavy atom. The molecular weight excluding hydrogens is 230 g/mol. The number of amides is 1. The second kappa shape index (κ2) is 5.99. The van der Waals surface area contributed by atoms with E-state index in [9.17, 15) is 4.79 Å². The minimum Gasteiger partial charge on any atom is -0.396 e. The summed E-state index contributed by atoms with van der Waals surface area (Å²) in [7, 11) is 0. The highest BCUT2D eigenvalue weighted by Gasteiger charge is 2.41. The fourth-order valence-corrected chi connectivity index (χ4v) is 2.59. The molecule has 1 saturated carbocycles. The molecule has 1 aliphatic carbocycles. The smallest absolute Gasteiger partial charge is 0.234 e. The first-order valence-electron chi connectivity index (χ1n) is 6.99. The van der Waals surface area contributed by atoms with Crippen LogP contribution in [0.3, 0.4) is 0 Å². The van der Waals surface area contributed by atoms with Crippen LogP contribution in [0.15, 0.2) is 0 Å². The normalized spacial score (nSPS) is 23.9. The number of nitrogens with one attached hydrogen (secondary N) is 1. The summed E-state index contributed by atoms with van der Waals surface area (Å²) in [5, 5.41) is 12.0. The van der Waals surface area contributed by atoms with Gasteiger partial charge in [0.1, 0.15) is 0 Å². The van der Waals surface area contributed by atoms with Crippen LogP contribution in [0.25, 0.3) is 0 Å². The number of piperidine rings is 1. The van der Waals surface area contributed by atoms with Gasteiger partial charge in [-0.1, -0.05) is 0 Å². The van der Waals surface area contributed by atoms with Crippen LogP contribution >= 0.6 is 0 Å². The summed E-state index contributed by atoms with van der Waals surface area (Å²) in [6.45, 7) is 3.29. The van der Waals surface area contributed by atoms with Crippen LogP contribution in [-0.4, -0.2) is 54.7 Å². The third-order valence-corrected chi connectivity index (χ3v) is 4.26. The van der Waals surface area contributed by atoms with E-state index >= 15 is 0 Å². The molecule has 2 fully saturated rings. The predicted octanol–water partition coefficient (Wildman–Crippen LogP) is -0.312. The molecule has 0 aromatic heterocycles. The summed E-state index contributed by atoms with van der Waals surface area (Å²) in [6, 6.07) is 0.309. The van der Waals surface area contributed by atoms with Gasteiger partial charge in [0.05, 0.1) is 6.54 Å². The van der Waals surface area contributed by atoms with E-state index in [1.807, 2.05) is 0 Å². The van der Waals surface area contributed by atoms with Crippen molar-refractivity contribution in [3.63, 3.8) is 0 Å². The Morgan fingerprint density at radius 1 is 1.39 bits per heavy atom. The summed E-state index contributed by atoms with van der Waals surface area (Å²) in [5.41, 5.74) is 6.04. The standard InChI is InChI=1S/C13H25N3O2/c14-11-1-6-16(7-2-11)9-12(18)15-10-13(3-4-13)5-8-17/h11,17H,1-10,14H2,(H,15,18). The largest absolute Gasteiger partial charge is 0.396 e. The van der Waals surface area contributed by atoms with Crippen molar-refractivity contribution in [1.29, 1.82) is 0 Å². The molecule has 0 radical (unpaired) electrons. The zero-order valence-electron chi connectivity index (χ0n) is 11.0. The number of carbonyl (C=O) groups excluding carboxylic acids is 1. The average Bonchev–Trinajstić information content (AvgIpc) is 3.11. The maximum atomic E-state index is 11.8. The fourth-order valence-electron chi connectivity index (χ4n) is 2.59. The summed E-state index contributed by atoms with van der Waals surface area (Å²) in [5.74, 6) is 0.106. The van der Waals surface area contributed by atoms with Crippen LogP contribution in [0.1, 0.15) is 32.1 Å². The Kier molecular flexibility index (Phi) is 4.59. The van der Waals surface area contributed by atoms with Crippen molar-refractivity contribution in [2.75, 3.05) is 32.8 Å². The van der Waals surface area contributed by atoms with Gasteiger partial charge in [0.15, 0.2) is 0 Å². The average molecular weight is 255 g/mol. The molecule has 0 aromatic rings. The van der Waals surface area contributed by atoms with Gasteiger partial charge in [0, 0.05) is 32.3 Å². The van der Waals surface area contributed by atoms with Crippen LogP contribution in [0.2, 0.25) is 0 Å². The van der Waals surface area contributed by atoms with Gasteiger partial charge in [-0.15, -0.1) is 0 Å². The van der Waals surface area contributed by atoms with Gasteiger partial charge in [-0.25, -0.2) is 0 Å². The van der Waals surface area contributed by atoms with E-state index in [0.717, 1.165) is 51.7 Å². The fraction of sp³-hybridized carbons (Fsp3) is 0.923. The Balaban J connectivity index is 1.63. The molecule has 1 amide bonds. The third kappa shape index (κ3) is 3.93. The van der Waals surface area contributed by atoms with Crippen LogP contribution in [0, 0.1) is 5.41 Å². The highest BCUT2D eigenvalue weighted by Crippen LogP contribution is 2.47. The third-order valence-electron chi connectivity index (χ3n) is 4.26. The van der Waals surface area contributed by atoms with Crippen molar-refractivity contribution >= 4 is 5.91 Å². The Bertz CT molecular complexity index is 284. The molecule has 5 nitrogen and oxygen atoms in total. The number of hydrogen-bond acceptors (Lipinski definition) is 4. The van der Waals surface area contributed by atoms with Gasteiger partial charge in [-0.3, -0.25) is 9.69 Å². The molecule has 1 aliphatic heterocycles. The number of hydrogen-bond donors (Lipinski definition) is 3. The van der Waals surface area contributed by atoms with E-state index in [1.165, 1.54) is 0 Å². The molecule has 2 rings (SSSR count). The van der Waals surface area contributed by atoms with E-state index in [-0.39, 0.29) is 17.9 Å². The zero-order valence-corrected chi connectivity index (χ0v) is 11.0. The maximum Gasteiger partial charge on any atom is 0.234 e. The number of nitrogens with zero attached hydrogens (tertiary/aromatic N) is 1. The molecule has 0 bridgehead atoms. The molecule has 1 saturated heterocycles. The lowest BCUT2D eigenvalue weighted by atomic mass is 10.0. The van der Waals surface area contributed by atoms with Gasteiger partial charge in [0.2, 0.25) is 5.91 Å². The highest BCUT2D eigenvalue weighted by molar-refractivity contribution is 5.78. The summed E-state index contributed by atoms with van der Waals surface area (Å²) in [4.78, 5) is 14.0. The minimum absolute atomic E-state index is 0.106. The van der Waals surface area contributed by atoms with E-state index in [2.05, 4.69) is 10.2 Å². The SMILES string of the molecule is NC1CCN(CC(=O)NCC2(CCO)CC2)CC1. The molecule has 18 heavy (non-hydrogen) atoms. The van der Waals surface area contributed by atoms with Gasteiger partial charge in [0.25, 0.3) is 0 Å². The quantitative estimate of drug-likeness (QED) is 0.608. The van der Waals surface area contributed by atoms with Crippen LogP contribution in [-0.2, 0) is 4.79 Å². The van der Waals surface area contributed by atoms with Crippen LogP contribution < -0.4 is 11.1 Å². The molecule has 0 unspecified atom stereocenters. The Morgan fingerprint density at radius 2 is 2.06 bits per heavy atom. The van der Waals surface area contributed by atoms with Crippen molar-refractivity contribution in [3.8, 4) is 0 Å². The predicted molar refractivity (Wildman–Crippen MR) is 70.0 cm³/mol. The lowest BCUT2D eigenvalue weighted by molar-refractivity contribution is -0.122. The van der Waals surface area contributed by atoms with E-state index in [1.54, 1.807) is 0 Å². The molecule has 4 N–H and O–H groups in total. The monoisotopic (exact) mass is 255 g/mol.